The lowest BCUT2D eigenvalue weighted by atomic mass is 9.88. The minimum Gasteiger partial charge on any atom is -0.330 e. The first-order valence-corrected chi connectivity index (χ1v) is 5.83. The van der Waals surface area contributed by atoms with Crippen LogP contribution < -0.4 is 5.73 Å². The van der Waals surface area contributed by atoms with E-state index >= 15 is 0 Å². The van der Waals surface area contributed by atoms with Gasteiger partial charge in [-0.15, -0.1) is 0 Å². The molecule has 1 aromatic carbocycles. The van der Waals surface area contributed by atoms with Gasteiger partial charge >= 0.3 is 0 Å². The molecule has 88 valence electrons. The summed E-state index contributed by atoms with van der Waals surface area (Å²) in [6.45, 7) is 6.58. The lowest BCUT2D eigenvalue weighted by Crippen LogP contribution is -2.29. The van der Waals surface area contributed by atoms with Gasteiger partial charge in [0.05, 0.1) is 0 Å². The van der Waals surface area contributed by atoms with Gasteiger partial charge in [-0.1, -0.05) is 43.7 Å². The van der Waals surface area contributed by atoms with Crippen molar-refractivity contribution in [2.24, 2.45) is 17.6 Å². The Hall–Kier alpha value is -1.15. The fraction of sp³-hybridized carbons (Fsp3) is 0.500. The molecule has 1 aromatic rings. The van der Waals surface area contributed by atoms with E-state index in [1.807, 2.05) is 45.0 Å². The molecule has 0 amide bonds. The topological polar surface area (TPSA) is 43.1 Å². The van der Waals surface area contributed by atoms with Gasteiger partial charge in [-0.2, -0.15) is 0 Å². The van der Waals surface area contributed by atoms with Crippen LogP contribution in [0.4, 0.5) is 0 Å². The highest BCUT2D eigenvalue weighted by Crippen LogP contribution is 2.14. The molecular weight excluding hydrogens is 198 g/mol. The van der Waals surface area contributed by atoms with Crippen molar-refractivity contribution in [1.29, 1.82) is 0 Å². The van der Waals surface area contributed by atoms with Crippen molar-refractivity contribution in [3.8, 4) is 0 Å². The first-order valence-electron chi connectivity index (χ1n) is 5.83. The van der Waals surface area contributed by atoms with Crippen molar-refractivity contribution in [3.63, 3.8) is 0 Å². The molecule has 2 nitrogen and oxygen atoms in total. The molecular formula is C14H21NO. The van der Waals surface area contributed by atoms with Gasteiger partial charge in [-0.3, -0.25) is 4.79 Å². The number of ketones is 1. The second kappa shape index (κ2) is 5.80. The van der Waals surface area contributed by atoms with E-state index in [2.05, 4.69) is 0 Å². The summed E-state index contributed by atoms with van der Waals surface area (Å²) in [4.78, 5) is 12.0. The quantitative estimate of drug-likeness (QED) is 0.826. The molecule has 0 radical (unpaired) electrons. The number of carbonyl (C=O) groups excluding carboxylic acids is 1. The molecule has 0 aliphatic carbocycles. The number of benzene rings is 1. The third kappa shape index (κ3) is 3.46. The van der Waals surface area contributed by atoms with Gasteiger partial charge in [-0.25, -0.2) is 0 Å². The summed E-state index contributed by atoms with van der Waals surface area (Å²) in [5.41, 5.74) is 7.93. The minimum absolute atomic E-state index is 0.0127. The van der Waals surface area contributed by atoms with E-state index in [0.717, 1.165) is 5.56 Å². The van der Waals surface area contributed by atoms with Crippen molar-refractivity contribution in [2.45, 2.75) is 27.2 Å². The number of hydrogen-bond donors (Lipinski definition) is 1. The maximum absolute atomic E-state index is 12.0. The van der Waals surface area contributed by atoms with Crippen molar-refractivity contribution < 1.29 is 4.79 Å². The van der Waals surface area contributed by atoms with Gasteiger partial charge in [0.1, 0.15) is 5.78 Å². The summed E-state index contributed by atoms with van der Waals surface area (Å²) in [5, 5.41) is 0. The van der Waals surface area contributed by atoms with Crippen LogP contribution in [0, 0.1) is 18.8 Å². The highest BCUT2D eigenvalue weighted by atomic mass is 16.1. The van der Waals surface area contributed by atoms with E-state index < -0.39 is 0 Å². The van der Waals surface area contributed by atoms with Gasteiger partial charge < -0.3 is 5.73 Å². The molecule has 0 aromatic heterocycles. The maximum Gasteiger partial charge on any atom is 0.141 e. The number of aryl methyl sites for hydroxylation is 1. The van der Waals surface area contributed by atoms with Crippen molar-refractivity contribution in [2.75, 3.05) is 6.54 Å². The predicted molar refractivity (Wildman–Crippen MR) is 67.3 cm³/mol. The zero-order valence-electron chi connectivity index (χ0n) is 10.4. The normalized spacial score (nSPS) is 12.8. The number of Topliss-reactive ketones (excluding diaryl/α,β-unsaturated/α-hetero) is 1. The van der Waals surface area contributed by atoms with Crippen LogP contribution in [0.3, 0.4) is 0 Å². The summed E-state index contributed by atoms with van der Waals surface area (Å²) >= 11 is 0. The van der Waals surface area contributed by atoms with E-state index in [1.54, 1.807) is 0 Å². The summed E-state index contributed by atoms with van der Waals surface area (Å²) in [7, 11) is 0. The largest absolute Gasteiger partial charge is 0.330 e. The Bertz CT molecular complexity index is 340. The number of carbonyl (C=O) groups is 1. The van der Waals surface area contributed by atoms with Crippen LogP contribution in [0.15, 0.2) is 24.3 Å². The van der Waals surface area contributed by atoms with Crippen LogP contribution in [0.2, 0.25) is 0 Å². The summed E-state index contributed by atoms with van der Waals surface area (Å²) < 4.78 is 0. The van der Waals surface area contributed by atoms with Crippen molar-refractivity contribution >= 4 is 5.78 Å². The first-order chi connectivity index (χ1) is 7.54. The Morgan fingerprint density at radius 3 is 2.25 bits per heavy atom. The van der Waals surface area contributed by atoms with Gasteiger partial charge in [0.25, 0.3) is 0 Å². The molecule has 0 aliphatic rings. The molecule has 0 bridgehead atoms. The third-order valence-corrected chi connectivity index (χ3v) is 2.97. The third-order valence-electron chi connectivity index (χ3n) is 2.97. The number of nitrogens with two attached hydrogens (primary N) is 1. The van der Waals surface area contributed by atoms with E-state index in [1.165, 1.54) is 5.56 Å². The summed E-state index contributed by atoms with van der Waals surface area (Å²) in [5.74, 6) is 0.561. The fourth-order valence-electron chi connectivity index (χ4n) is 1.81. The highest BCUT2D eigenvalue weighted by Gasteiger charge is 2.20. The Morgan fingerprint density at radius 2 is 1.81 bits per heavy atom. The molecule has 1 atom stereocenters. The van der Waals surface area contributed by atoms with Crippen LogP contribution in [0.1, 0.15) is 25.0 Å². The Labute approximate surface area is 97.9 Å². The summed E-state index contributed by atoms with van der Waals surface area (Å²) in [6.07, 6.45) is 0.500. The molecule has 2 N–H and O–H groups in total. The Balaban J connectivity index is 2.66. The molecule has 0 saturated carbocycles. The standard InChI is InChI=1S/C14H21NO/c1-10(2)13(9-15)14(16)8-12-6-4-11(3)5-7-12/h4-7,10,13H,8-9,15H2,1-3H3. The van der Waals surface area contributed by atoms with Crippen molar-refractivity contribution in [1.82, 2.24) is 0 Å². The van der Waals surface area contributed by atoms with E-state index in [-0.39, 0.29) is 11.7 Å². The van der Waals surface area contributed by atoms with E-state index in [9.17, 15) is 4.79 Å². The monoisotopic (exact) mass is 219 g/mol. The molecule has 2 heteroatoms. The average molecular weight is 219 g/mol. The lowest BCUT2D eigenvalue weighted by Gasteiger charge is -2.17. The summed E-state index contributed by atoms with van der Waals surface area (Å²) in [6, 6.07) is 8.10. The van der Waals surface area contributed by atoms with Crippen LogP contribution in [0.25, 0.3) is 0 Å². The molecule has 1 rings (SSSR count). The zero-order chi connectivity index (χ0) is 12.1. The molecule has 0 saturated heterocycles. The SMILES string of the molecule is Cc1ccc(CC(=O)C(CN)C(C)C)cc1. The van der Waals surface area contributed by atoms with Crippen molar-refractivity contribution in [3.05, 3.63) is 35.4 Å². The highest BCUT2D eigenvalue weighted by molar-refractivity contribution is 5.83. The van der Waals surface area contributed by atoms with Crippen LogP contribution in [0.5, 0.6) is 0 Å². The van der Waals surface area contributed by atoms with E-state index in [4.69, 9.17) is 5.73 Å². The van der Waals surface area contributed by atoms with E-state index in [0.29, 0.717) is 18.9 Å². The molecule has 0 spiro atoms. The second-order valence-corrected chi connectivity index (χ2v) is 4.71. The molecule has 0 fully saturated rings. The lowest BCUT2D eigenvalue weighted by molar-refractivity contribution is -0.123. The second-order valence-electron chi connectivity index (χ2n) is 4.71. The maximum atomic E-state index is 12.0. The Morgan fingerprint density at radius 1 is 1.25 bits per heavy atom. The number of hydrogen-bond acceptors (Lipinski definition) is 2. The zero-order valence-corrected chi connectivity index (χ0v) is 10.4. The first kappa shape index (κ1) is 12.9. The minimum atomic E-state index is -0.0127. The van der Waals surface area contributed by atoms with Gasteiger partial charge in [-0.05, 0) is 18.4 Å². The smallest absolute Gasteiger partial charge is 0.141 e. The average Bonchev–Trinajstić information content (AvgIpc) is 2.22. The molecule has 1 unspecified atom stereocenters. The molecule has 0 heterocycles. The predicted octanol–water partition coefficient (Wildman–Crippen LogP) is 2.34. The Kier molecular flexibility index (Phi) is 4.69. The van der Waals surface area contributed by atoms with Gasteiger partial charge in [0, 0.05) is 18.9 Å². The van der Waals surface area contributed by atoms with Crippen LogP contribution in [-0.2, 0) is 11.2 Å². The number of rotatable bonds is 5. The van der Waals surface area contributed by atoms with Crippen LogP contribution >= 0.6 is 0 Å². The molecule has 0 aliphatic heterocycles. The molecule has 16 heavy (non-hydrogen) atoms. The van der Waals surface area contributed by atoms with Gasteiger partial charge in [0.15, 0.2) is 0 Å². The fourth-order valence-corrected chi connectivity index (χ4v) is 1.81. The van der Waals surface area contributed by atoms with Gasteiger partial charge in [0.2, 0.25) is 0 Å². The van der Waals surface area contributed by atoms with Crippen LogP contribution in [-0.4, -0.2) is 12.3 Å².